The average Bonchev–Trinajstić information content (AvgIpc) is 2.55. The number of hydrogen-bond acceptors (Lipinski definition) is 6. The van der Waals surface area contributed by atoms with E-state index in [1.165, 1.54) is 0 Å². The Balaban J connectivity index is 1.87. The topological polar surface area (TPSA) is 80.2 Å². The van der Waals surface area contributed by atoms with Crippen LogP contribution in [0.15, 0.2) is 42.7 Å². The maximum absolute atomic E-state index is 10.0. The minimum absolute atomic E-state index is 0.142. The number of aromatic nitrogens is 3. The summed E-state index contributed by atoms with van der Waals surface area (Å²) in [5.74, 6) is 1.57. The number of nitrogens with one attached hydrogen (secondary N) is 1. The standard InChI is InChI=1S/C16H16N4O2/c1-10(12-9-11(22-2)3-5-14(12)21)19-15-6-4-13-16(20-15)18-8-7-17-13/h3-10,21H,1-2H3,(H,18,19,20). The van der Waals surface area contributed by atoms with Crippen LogP contribution in [0.4, 0.5) is 5.82 Å². The van der Waals surface area contributed by atoms with Crippen molar-refractivity contribution >= 4 is 17.0 Å². The molecule has 22 heavy (non-hydrogen) atoms. The lowest BCUT2D eigenvalue weighted by Crippen LogP contribution is -2.08. The van der Waals surface area contributed by atoms with Crippen LogP contribution in [0.2, 0.25) is 0 Å². The van der Waals surface area contributed by atoms with Crippen molar-refractivity contribution in [2.24, 2.45) is 0 Å². The predicted molar refractivity (Wildman–Crippen MR) is 84.0 cm³/mol. The van der Waals surface area contributed by atoms with Gasteiger partial charge < -0.3 is 15.2 Å². The maximum Gasteiger partial charge on any atom is 0.180 e. The molecule has 2 aromatic heterocycles. The zero-order chi connectivity index (χ0) is 15.5. The van der Waals surface area contributed by atoms with Gasteiger partial charge >= 0.3 is 0 Å². The predicted octanol–water partition coefficient (Wildman–Crippen LogP) is 2.91. The smallest absolute Gasteiger partial charge is 0.180 e. The lowest BCUT2D eigenvalue weighted by molar-refractivity contribution is 0.410. The summed E-state index contributed by atoms with van der Waals surface area (Å²) in [5.41, 5.74) is 2.06. The molecule has 1 aromatic carbocycles. The van der Waals surface area contributed by atoms with Gasteiger partial charge in [0.1, 0.15) is 22.8 Å². The molecule has 2 N–H and O–H groups in total. The first-order valence-corrected chi connectivity index (χ1v) is 6.88. The Morgan fingerprint density at radius 1 is 1.14 bits per heavy atom. The minimum atomic E-state index is -0.142. The van der Waals surface area contributed by atoms with E-state index in [-0.39, 0.29) is 11.8 Å². The van der Waals surface area contributed by atoms with Gasteiger partial charge in [0.25, 0.3) is 0 Å². The summed E-state index contributed by atoms with van der Waals surface area (Å²) in [5, 5.41) is 13.3. The molecule has 0 saturated carbocycles. The van der Waals surface area contributed by atoms with Crippen LogP contribution >= 0.6 is 0 Å². The number of rotatable bonds is 4. The number of anilines is 1. The van der Waals surface area contributed by atoms with E-state index in [1.807, 2.05) is 19.1 Å². The number of pyridine rings is 1. The number of hydrogen-bond donors (Lipinski definition) is 2. The molecule has 6 heteroatoms. The molecule has 0 saturated heterocycles. The first-order valence-electron chi connectivity index (χ1n) is 6.88. The van der Waals surface area contributed by atoms with Crippen molar-refractivity contribution in [2.45, 2.75) is 13.0 Å². The highest BCUT2D eigenvalue weighted by Crippen LogP contribution is 2.30. The van der Waals surface area contributed by atoms with Crippen LogP contribution in [0.5, 0.6) is 11.5 Å². The number of benzene rings is 1. The van der Waals surface area contributed by atoms with E-state index in [9.17, 15) is 5.11 Å². The van der Waals surface area contributed by atoms with Gasteiger partial charge in [-0.3, -0.25) is 4.98 Å². The second kappa shape index (κ2) is 5.85. The van der Waals surface area contributed by atoms with Crippen LogP contribution in [0.3, 0.4) is 0 Å². The molecule has 3 aromatic rings. The third kappa shape index (κ3) is 2.76. The summed E-state index contributed by atoms with van der Waals surface area (Å²) in [7, 11) is 1.60. The van der Waals surface area contributed by atoms with Gasteiger partial charge in [-0.15, -0.1) is 0 Å². The Morgan fingerprint density at radius 3 is 2.77 bits per heavy atom. The average molecular weight is 296 g/mol. The molecule has 0 fully saturated rings. The van der Waals surface area contributed by atoms with E-state index in [0.29, 0.717) is 17.2 Å². The fourth-order valence-corrected chi connectivity index (χ4v) is 2.24. The fourth-order valence-electron chi connectivity index (χ4n) is 2.24. The number of nitrogens with zero attached hydrogens (tertiary/aromatic N) is 3. The summed E-state index contributed by atoms with van der Waals surface area (Å²) < 4.78 is 5.20. The van der Waals surface area contributed by atoms with Crippen LogP contribution in [-0.2, 0) is 0 Å². The van der Waals surface area contributed by atoms with E-state index < -0.39 is 0 Å². The Labute approximate surface area is 127 Å². The molecule has 1 atom stereocenters. The molecule has 0 radical (unpaired) electrons. The number of phenolic OH excluding ortho intramolecular Hbond substituents is 1. The van der Waals surface area contributed by atoms with Gasteiger partial charge in [0.15, 0.2) is 5.65 Å². The van der Waals surface area contributed by atoms with Crippen LogP contribution in [0.1, 0.15) is 18.5 Å². The normalized spacial score (nSPS) is 12.1. The van der Waals surface area contributed by atoms with E-state index in [2.05, 4.69) is 20.3 Å². The number of methoxy groups -OCH3 is 1. The van der Waals surface area contributed by atoms with Gasteiger partial charge in [-0.05, 0) is 37.3 Å². The molecule has 112 valence electrons. The molecule has 0 amide bonds. The van der Waals surface area contributed by atoms with Gasteiger partial charge in [0.2, 0.25) is 0 Å². The fraction of sp³-hybridized carbons (Fsp3) is 0.188. The number of aromatic hydroxyl groups is 1. The van der Waals surface area contributed by atoms with Crippen molar-refractivity contribution in [1.82, 2.24) is 15.0 Å². The zero-order valence-electron chi connectivity index (χ0n) is 12.3. The Hall–Kier alpha value is -2.89. The molecule has 0 bridgehead atoms. The lowest BCUT2D eigenvalue weighted by Gasteiger charge is -2.17. The Kier molecular flexibility index (Phi) is 3.74. The summed E-state index contributed by atoms with van der Waals surface area (Å²) in [4.78, 5) is 12.8. The summed E-state index contributed by atoms with van der Waals surface area (Å²) in [6, 6.07) is 8.69. The molecule has 3 rings (SSSR count). The van der Waals surface area contributed by atoms with Crippen LogP contribution in [0.25, 0.3) is 11.2 Å². The maximum atomic E-state index is 10.0. The van der Waals surface area contributed by atoms with E-state index >= 15 is 0 Å². The lowest BCUT2D eigenvalue weighted by atomic mass is 10.1. The van der Waals surface area contributed by atoms with Crippen molar-refractivity contribution in [3.63, 3.8) is 0 Å². The highest BCUT2D eigenvalue weighted by atomic mass is 16.5. The van der Waals surface area contributed by atoms with Gasteiger partial charge in [0.05, 0.1) is 13.2 Å². The second-order valence-corrected chi connectivity index (χ2v) is 4.89. The minimum Gasteiger partial charge on any atom is -0.508 e. The van der Waals surface area contributed by atoms with Crippen molar-refractivity contribution in [2.75, 3.05) is 12.4 Å². The molecule has 0 aliphatic carbocycles. The summed E-state index contributed by atoms with van der Waals surface area (Å²) in [6.07, 6.45) is 3.24. The molecule has 1 unspecified atom stereocenters. The first kappa shape index (κ1) is 14.1. The number of fused-ring (bicyclic) bond motifs is 1. The Morgan fingerprint density at radius 2 is 1.95 bits per heavy atom. The Bertz CT molecular complexity index is 807. The largest absolute Gasteiger partial charge is 0.508 e. The first-order chi connectivity index (χ1) is 10.7. The summed E-state index contributed by atoms with van der Waals surface area (Å²) >= 11 is 0. The number of phenols is 1. The van der Waals surface area contributed by atoms with Gasteiger partial charge in [0, 0.05) is 18.0 Å². The number of ether oxygens (including phenoxy) is 1. The molecule has 0 spiro atoms. The van der Waals surface area contributed by atoms with Crippen LogP contribution in [-0.4, -0.2) is 27.2 Å². The molecule has 0 aliphatic rings. The van der Waals surface area contributed by atoms with E-state index in [0.717, 1.165) is 11.1 Å². The highest BCUT2D eigenvalue weighted by molar-refractivity contribution is 5.71. The third-order valence-electron chi connectivity index (χ3n) is 3.40. The monoisotopic (exact) mass is 296 g/mol. The summed E-state index contributed by atoms with van der Waals surface area (Å²) in [6.45, 7) is 1.94. The van der Waals surface area contributed by atoms with Crippen LogP contribution < -0.4 is 10.1 Å². The highest BCUT2D eigenvalue weighted by Gasteiger charge is 2.12. The molecular weight excluding hydrogens is 280 g/mol. The van der Waals surface area contributed by atoms with Crippen molar-refractivity contribution in [3.05, 3.63) is 48.3 Å². The quantitative estimate of drug-likeness (QED) is 0.770. The third-order valence-corrected chi connectivity index (χ3v) is 3.40. The molecular formula is C16H16N4O2. The van der Waals surface area contributed by atoms with Gasteiger partial charge in [-0.25, -0.2) is 9.97 Å². The van der Waals surface area contributed by atoms with Crippen molar-refractivity contribution < 1.29 is 9.84 Å². The molecule has 6 nitrogen and oxygen atoms in total. The van der Waals surface area contributed by atoms with Crippen LogP contribution in [0, 0.1) is 0 Å². The van der Waals surface area contributed by atoms with Gasteiger partial charge in [-0.1, -0.05) is 0 Å². The second-order valence-electron chi connectivity index (χ2n) is 4.89. The van der Waals surface area contributed by atoms with Gasteiger partial charge in [-0.2, -0.15) is 0 Å². The SMILES string of the molecule is COc1ccc(O)c(C(C)Nc2ccc3nccnc3n2)c1. The van der Waals surface area contributed by atoms with Crippen molar-refractivity contribution in [3.8, 4) is 11.5 Å². The zero-order valence-corrected chi connectivity index (χ0v) is 12.3. The molecule has 0 aliphatic heterocycles. The van der Waals surface area contributed by atoms with E-state index in [1.54, 1.807) is 37.7 Å². The van der Waals surface area contributed by atoms with Crippen molar-refractivity contribution in [1.29, 1.82) is 0 Å². The van der Waals surface area contributed by atoms with E-state index in [4.69, 9.17) is 4.74 Å². The molecule has 2 heterocycles.